The molecular formula is C20H19N3O3. The van der Waals surface area contributed by atoms with Crippen molar-refractivity contribution in [2.75, 3.05) is 6.54 Å². The van der Waals surface area contributed by atoms with Crippen LogP contribution in [0.2, 0.25) is 0 Å². The second kappa shape index (κ2) is 6.72. The number of amides is 1. The van der Waals surface area contributed by atoms with E-state index in [1.54, 1.807) is 5.01 Å². The average molecular weight is 349 g/mol. The lowest BCUT2D eigenvalue weighted by Gasteiger charge is -2.25. The Morgan fingerprint density at radius 1 is 1.04 bits per heavy atom. The summed E-state index contributed by atoms with van der Waals surface area (Å²) in [6.45, 7) is 0.510. The lowest BCUT2D eigenvalue weighted by Crippen LogP contribution is -2.38. The molecule has 2 heterocycles. The zero-order chi connectivity index (χ0) is 18.1. The van der Waals surface area contributed by atoms with Crippen LogP contribution in [0.3, 0.4) is 0 Å². The van der Waals surface area contributed by atoms with Gasteiger partial charge in [-0.25, -0.2) is 5.01 Å². The summed E-state index contributed by atoms with van der Waals surface area (Å²) < 4.78 is 0. The van der Waals surface area contributed by atoms with Crippen LogP contribution in [-0.2, 0) is 4.79 Å². The van der Waals surface area contributed by atoms with Gasteiger partial charge in [-0.15, -0.1) is 0 Å². The summed E-state index contributed by atoms with van der Waals surface area (Å²) in [6.07, 6.45) is 4.15. The molecule has 0 unspecified atom stereocenters. The van der Waals surface area contributed by atoms with E-state index in [9.17, 15) is 14.9 Å². The molecule has 0 bridgehead atoms. The van der Waals surface area contributed by atoms with Crippen molar-refractivity contribution in [3.05, 3.63) is 88.0 Å². The van der Waals surface area contributed by atoms with Crippen molar-refractivity contribution >= 4 is 12.0 Å². The molecule has 132 valence electrons. The number of hydrogen-bond acceptors (Lipinski definition) is 4. The van der Waals surface area contributed by atoms with Crippen molar-refractivity contribution in [3.8, 4) is 0 Å². The first-order chi connectivity index (χ1) is 12.7. The van der Waals surface area contributed by atoms with Gasteiger partial charge in [0.1, 0.15) is 12.1 Å². The van der Waals surface area contributed by atoms with E-state index in [0.29, 0.717) is 13.0 Å². The van der Waals surface area contributed by atoms with Gasteiger partial charge in [-0.05, 0) is 11.1 Å². The number of benzene rings is 2. The Morgan fingerprint density at radius 3 is 2.35 bits per heavy atom. The number of hydrogen-bond donors (Lipinski definition) is 0. The number of rotatable bonds is 4. The third kappa shape index (κ3) is 2.78. The SMILES string of the molecule is O=C1CCN2[C@H](/C=C/c3ccccc3)[C@H]([N+](=O)[O-])[C@@H](c3ccccc3)N12. The molecule has 0 aromatic heterocycles. The van der Waals surface area contributed by atoms with Crippen LogP contribution in [0, 0.1) is 10.1 Å². The Bertz CT molecular complexity index is 838. The number of carbonyl (C=O) groups is 1. The van der Waals surface area contributed by atoms with Crippen molar-refractivity contribution < 1.29 is 9.72 Å². The van der Waals surface area contributed by atoms with Gasteiger partial charge in [0.15, 0.2) is 0 Å². The number of hydrazine groups is 1. The highest BCUT2D eigenvalue weighted by atomic mass is 16.6. The number of carbonyl (C=O) groups excluding carboxylic acids is 1. The van der Waals surface area contributed by atoms with E-state index in [2.05, 4.69) is 0 Å². The second-order valence-corrected chi connectivity index (χ2v) is 6.54. The molecule has 2 aliphatic heterocycles. The van der Waals surface area contributed by atoms with E-state index < -0.39 is 18.1 Å². The molecule has 0 radical (unpaired) electrons. The van der Waals surface area contributed by atoms with Gasteiger partial charge in [-0.2, -0.15) is 0 Å². The molecule has 0 spiro atoms. The van der Waals surface area contributed by atoms with Crippen LogP contribution >= 0.6 is 0 Å². The Morgan fingerprint density at radius 2 is 1.69 bits per heavy atom. The third-order valence-electron chi connectivity index (χ3n) is 5.04. The maximum Gasteiger partial charge on any atom is 0.259 e. The maximum atomic E-state index is 12.5. The Hall–Kier alpha value is -2.99. The van der Waals surface area contributed by atoms with Crippen molar-refractivity contribution in [1.82, 2.24) is 10.0 Å². The average Bonchev–Trinajstić information content (AvgIpc) is 3.19. The molecule has 2 aromatic carbocycles. The highest BCUT2D eigenvalue weighted by Gasteiger charge is 2.58. The minimum atomic E-state index is -0.901. The van der Waals surface area contributed by atoms with Crippen molar-refractivity contribution in [2.24, 2.45) is 0 Å². The fraction of sp³-hybridized carbons (Fsp3) is 0.250. The summed E-state index contributed by atoms with van der Waals surface area (Å²) in [5.41, 5.74) is 1.78. The summed E-state index contributed by atoms with van der Waals surface area (Å²) in [5.74, 6) is -0.0543. The first kappa shape index (κ1) is 16.5. The monoisotopic (exact) mass is 349 g/mol. The van der Waals surface area contributed by atoms with E-state index in [0.717, 1.165) is 11.1 Å². The van der Waals surface area contributed by atoms with Gasteiger partial charge in [-0.1, -0.05) is 72.8 Å². The van der Waals surface area contributed by atoms with E-state index in [-0.39, 0.29) is 10.8 Å². The van der Waals surface area contributed by atoms with Gasteiger partial charge in [0.25, 0.3) is 6.04 Å². The summed E-state index contributed by atoms with van der Waals surface area (Å²) >= 11 is 0. The Balaban J connectivity index is 1.74. The van der Waals surface area contributed by atoms with Crippen LogP contribution in [0.15, 0.2) is 66.7 Å². The molecule has 2 aliphatic rings. The molecule has 0 saturated carbocycles. The molecular weight excluding hydrogens is 330 g/mol. The van der Waals surface area contributed by atoms with Gasteiger partial charge in [0.2, 0.25) is 5.91 Å². The summed E-state index contributed by atoms with van der Waals surface area (Å²) in [6, 6.07) is 17.0. The van der Waals surface area contributed by atoms with E-state index in [4.69, 9.17) is 0 Å². The molecule has 26 heavy (non-hydrogen) atoms. The number of fused-ring (bicyclic) bond motifs is 1. The van der Waals surface area contributed by atoms with Gasteiger partial charge in [0.05, 0.1) is 0 Å². The lowest BCUT2D eigenvalue weighted by atomic mass is 9.94. The fourth-order valence-electron chi connectivity index (χ4n) is 3.91. The zero-order valence-electron chi connectivity index (χ0n) is 14.1. The Labute approximate surface area is 151 Å². The fourth-order valence-corrected chi connectivity index (χ4v) is 3.91. The molecule has 2 saturated heterocycles. The van der Waals surface area contributed by atoms with Crippen LogP contribution in [-0.4, -0.2) is 39.5 Å². The molecule has 2 fully saturated rings. The standard InChI is InChI=1S/C20H19N3O3/c24-18-13-14-21-17(12-11-15-7-3-1-4-8-15)20(23(25)26)19(22(18)21)16-9-5-2-6-10-16/h1-12,17,19-20H,13-14H2/b12-11+/t17-,19-,20+/m1/s1. The van der Waals surface area contributed by atoms with Gasteiger partial charge in [0, 0.05) is 17.9 Å². The highest BCUT2D eigenvalue weighted by Crippen LogP contribution is 2.42. The quantitative estimate of drug-likeness (QED) is 0.629. The van der Waals surface area contributed by atoms with E-state index in [1.807, 2.05) is 77.8 Å². The molecule has 4 rings (SSSR count). The first-order valence-electron chi connectivity index (χ1n) is 8.67. The van der Waals surface area contributed by atoms with Crippen molar-refractivity contribution in [3.63, 3.8) is 0 Å². The predicted octanol–water partition coefficient (Wildman–Crippen LogP) is 2.92. The zero-order valence-corrected chi connectivity index (χ0v) is 14.1. The van der Waals surface area contributed by atoms with Gasteiger partial charge in [-0.3, -0.25) is 19.9 Å². The maximum absolute atomic E-state index is 12.5. The largest absolute Gasteiger partial charge is 0.273 e. The van der Waals surface area contributed by atoms with Crippen molar-refractivity contribution in [1.29, 1.82) is 0 Å². The smallest absolute Gasteiger partial charge is 0.259 e. The van der Waals surface area contributed by atoms with Crippen LogP contribution in [0.25, 0.3) is 6.08 Å². The lowest BCUT2D eigenvalue weighted by molar-refractivity contribution is -0.526. The highest BCUT2D eigenvalue weighted by molar-refractivity contribution is 5.79. The van der Waals surface area contributed by atoms with Crippen LogP contribution in [0.4, 0.5) is 0 Å². The summed E-state index contributed by atoms with van der Waals surface area (Å²) in [5, 5.41) is 15.4. The van der Waals surface area contributed by atoms with Crippen molar-refractivity contribution in [2.45, 2.75) is 24.5 Å². The van der Waals surface area contributed by atoms with Crippen LogP contribution in [0.5, 0.6) is 0 Å². The summed E-state index contributed by atoms with van der Waals surface area (Å²) in [7, 11) is 0. The molecule has 1 amide bonds. The normalized spacial score (nSPS) is 25.8. The van der Waals surface area contributed by atoms with E-state index >= 15 is 0 Å². The topological polar surface area (TPSA) is 66.7 Å². The molecule has 6 heteroatoms. The first-order valence-corrected chi connectivity index (χ1v) is 8.67. The molecule has 6 nitrogen and oxygen atoms in total. The number of nitro groups is 1. The minimum absolute atomic E-state index is 0.0543. The second-order valence-electron chi connectivity index (χ2n) is 6.54. The minimum Gasteiger partial charge on any atom is -0.273 e. The van der Waals surface area contributed by atoms with Crippen LogP contribution in [0.1, 0.15) is 23.6 Å². The van der Waals surface area contributed by atoms with E-state index in [1.165, 1.54) is 0 Å². The predicted molar refractivity (Wildman–Crippen MR) is 97.4 cm³/mol. The van der Waals surface area contributed by atoms with Crippen LogP contribution < -0.4 is 0 Å². The molecule has 2 aromatic rings. The van der Waals surface area contributed by atoms with Gasteiger partial charge < -0.3 is 0 Å². The number of nitrogens with zero attached hydrogens (tertiary/aromatic N) is 3. The Kier molecular flexibility index (Phi) is 4.26. The third-order valence-corrected chi connectivity index (χ3v) is 5.04. The van der Waals surface area contributed by atoms with Gasteiger partial charge >= 0.3 is 0 Å². The molecule has 0 aliphatic carbocycles. The molecule has 0 N–H and O–H groups in total. The molecule has 3 atom stereocenters. The summed E-state index contributed by atoms with van der Waals surface area (Å²) in [4.78, 5) is 24.2.